The predicted molar refractivity (Wildman–Crippen MR) is 95.2 cm³/mol. The van der Waals surface area contributed by atoms with E-state index in [2.05, 4.69) is 27.3 Å². The van der Waals surface area contributed by atoms with Crippen LogP contribution in [0.2, 0.25) is 0 Å². The molecule has 2 aromatic rings. The summed E-state index contributed by atoms with van der Waals surface area (Å²) in [5.74, 6) is 0.797. The lowest BCUT2D eigenvalue weighted by Gasteiger charge is -2.24. The van der Waals surface area contributed by atoms with E-state index in [9.17, 15) is 4.79 Å². The molecule has 1 aliphatic heterocycles. The first-order valence-corrected chi connectivity index (χ1v) is 8.99. The van der Waals surface area contributed by atoms with Gasteiger partial charge in [0.05, 0.1) is 5.92 Å². The Morgan fingerprint density at radius 2 is 1.96 bits per heavy atom. The van der Waals surface area contributed by atoms with Gasteiger partial charge in [-0.25, -0.2) is 0 Å². The average molecular weight is 342 g/mol. The number of nitrogens with zero attached hydrogens (tertiary/aromatic N) is 3. The van der Waals surface area contributed by atoms with Gasteiger partial charge in [-0.2, -0.15) is 0 Å². The summed E-state index contributed by atoms with van der Waals surface area (Å²) in [5, 5.41) is 11.1. The van der Waals surface area contributed by atoms with Crippen LogP contribution in [0.4, 0.5) is 0 Å². The van der Waals surface area contributed by atoms with Crippen LogP contribution in [0.1, 0.15) is 49.4 Å². The molecule has 6 heteroatoms. The summed E-state index contributed by atoms with van der Waals surface area (Å²) in [6, 6.07) is 10.2. The molecular formula is C19H26N4O2. The first-order valence-electron chi connectivity index (χ1n) is 8.99. The fourth-order valence-electron chi connectivity index (χ4n) is 3.32. The molecule has 0 aliphatic carbocycles. The number of carbonyl (C=O) groups is 1. The number of rotatable bonds is 7. The third-order valence-corrected chi connectivity index (χ3v) is 4.79. The SMILES string of the molecule is Cc1nnc(C(CC(=O)NCC(C)N2CCCC2)c2ccccc2)o1. The van der Waals surface area contributed by atoms with Crippen LogP contribution in [0.25, 0.3) is 0 Å². The van der Waals surface area contributed by atoms with Gasteiger partial charge in [-0.1, -0.05) is 30.3 Å². The van der Waals surface area contributed by atoms with E-state index in [-0.39, 0.29) is 11.8 Å². The van der Waals surface area contributed by atoms with Crippen LogP contribution in [0.15, 0.2) is 34.7 Å². The lowest BCUT2D eigenvalue weighted by molar-refractivity contribution is -0.121. The lowest BCUT2D eigenvalue weighted by Crippen LogP contribution is -2.41. The van der Waals surface area contributed by atoms with Gasteiger partial charge in [0.25, 0.3) is 0 Å². The zero-order chi connectivity index (χ0) is 17.6. The molecule has 6 nitrogen and oxygen atoms in total. The predicted octanol–water partition coefficient (Wildman–Crippen LogP) is 2.50. The Balaban J connectivity index is 1.62. The summed E-state index contributed by atoms with van der Waals surface area (Å²) in [4.78, 5) is 14.9. The second-order valence-corrected chi connectivity index (χ2v) is 6.72. The molecule has 3 rings (SSSR count). The van der Waals surface area contributed by atoms with Crippen molar-refractivity contribution in [3.63, 3.8) is 0 Å². The molecule has 0 radical (unpaired) electrons. The van der Waals surface area contributed by atoms with Crippen molar-refractivity contribution < 1.29 is 9.21 Å². The van der Waals surface area contributed by atoms with Gasteiger partial charge in [0, 0.05) is 25.9 Å². The molecule has 1 aliphatic rings. The van der Waals surface area contributed by atoms with E-state index in [1.54, 1.807) is 6.92 Å². The Hall–Kier alpha value is -2.21. The Morgan fingerprint density at radius 1 is 1.24 bits per heavy atom. The minimum Gasteiger partial charge on any atom is -0.425 e. The van der Waals surface area contributed by atoms with Crippen molar-refractivity contribution in [3.8, 4) is 0 Å². The Bertz CT molecular complexity index is 680. The normalized spacial score (nSPS) is 17.4. The third kappa shape index (κ3) is 4.66. The van der Waals surface area contributed by atoms with E-state index >= 15 is 0 Å². The van der Waals surface area contributed by atoms with Gasteiger partial charge < -0.3 is 9.73 Å². The number of hydrogen-bond acceptors (Lipinski definition) is 5. The maximum atomic E-state index is 12.5. The summed E-state index contributed by atoms with van der Waals surface area (Å²) in [5.41, 5.74) is 1.01. The number of aromatic nitrogens is 2. The zero-order valence-electron chi connectivity index (χ0n) is 14.9. The molecule has 1 saturated heterocycles. The molecule has 2 atom stereocenters. The highest BCUT2D eigenvalue weighted by Gasteiger charge is 2.24. The maximum Gasteiger partial charge on any atom is 0.224 e. The van der Waals surface area contributed by atoms with E-state index in [1.807, 2.05) is 30.3 Å². The highest BCUT2D eigenvalue weighted by Crippen LogP contribution is 2.26. The van der Waals surface area contributed by atoms with Crippen LogP contribution in [-0.4, -0.2) is 46.7 Å². The molecule has 2 unspecified atom stereocenters. The molecule has 1 fully saturated rings. The van der Waals surface area contributed by atoms with Crippen molar-refractivity contribution >= 4 is 5.91 Å². The van der Waals surface area contributed by atoms with E-state index in [1.165, 1.54) is 12.8 Å². The molecule has 0 spiro atoms. The molecule has 0 saturated carbocycles. The molecule has 1 N–H and O–H groups in total. The van der Waals surface area contributed by atoms with Gasteiger partial charge in [0.2, 0.25) is 17.7 Å². The number of nitrogens with one attached hydrogen (secondary N) is 1. The van der Waals surface area contributed by atoms with Crippen molar-refractivity contribution in [2.45, 2.75) is 45.1 Å². The summed E-state index contributed by atoms with van der Waals surface area (Å²) >= 11 is 0. The van der Waals surface area contributed by atoms with Crippen LogP contribution in [0, 0.1) is 6.92 Å². The average Bonchev–Trinajstić information content (AvgIpc) is 3.30. The number of hydrogen-bond donors (Lipinski definition) is 1. The summed E-state index contributed by atoms with van der Waals surface area (Å²) in [6.45, 7) is 6.86. The van der Waals surface area contributed by atoms with E-state index in [0.717, 1.165) is 18.7 Å². The number of benzene rings is 1. The van der Waals surface area contributed by atoms with Gasteiger partial charge in [-0.05, 0) is 38.4 Å². The van der Waals surface area contributed by atoms with Crippen molar-refractivity contribution in [1.82, 2.24) is 20.4 Å². The molecule has 0 bridgehead atoms. The monoisotopic (exact) mass is 342 g/mol. The van der Waals surface area contributed by atoms with Crippen molar-refractivity contribution in [1.29, 1.82) is 0 Å². The van der Waals surface area contributed by atoms with Crippen LogP contribution in [0.5, 0.6) is 0 Å². The topological polar surface area (TPSA) is 71.3 Å². The van der Waals surface area contributed by atoms with Gasteiger partial charge in [-0.15, -0.1) is 10.2 Å². The minimum absolute atomic E-state index is 0.00996. The van der Waals surface area contributed by atoms with Crippen molar-refractivity contribution in [3.05, 3.63) is 47.7 Å². The maximum absolute atomic E-state index is 12.5. The summed E-state index contributed by atoms with van der Waals surface area (Å²) in [7, 11) is 0. The molecular weight excluding hydrogens is 316 g/mol. The molecule has 25 heavy (non-hydrogen) atoms. The molecule has 2 heterocycles. The molecule has 134 valence electrons. The molecule has 1 aromatic carbocycles. The Labute approximate surface area is 148 Å². The minimum atomic E-state index is -0.218. The third-order valence-electron chi connectivity index (χ3n) is 4.79. The van der Waals surface area contributed by atoms with Gasteiger partial charge in [0.15, 0.2) is 0 Å². The Kier molecular flexibility index (Phi) is 5.81. The van der Waals surface area contributed by atoms with Crippen molar-refractivity contribution in [2.24, 2.45) is 0 Å². The van der Waals surface area contributed by atoms with E-state index < -0.39 is 0 Å². The number of amides is 1. The largest absolute Gasteiger partial charge is 0.425 e. The molecule has 1 aromatic heterocycles. The smallest absolute Gasteiger partial charge is 0.224 e. The lowest BCUT2D eigenvalue weighted by atomic mass is 9.95. The number of aryl methyl sites for hydroxylation is 1. The van der Waals surface area contributed by atoms with Crippen molar-refractivity contribution in [2.75, 3.05) is 19.6 Å². The number of carbonyl (C=O) groups excluding carboxylic acids is 1. The van der Waals surface area contributed by atoms with E-state index in [4.69, 9.17) is 4.42 Å². The van der Waals surface area contributed by atoms with Gasteiger partial charge >= 0.3 is 0 Å². The second kappa shape index (κ2) is 8.25. The Morgan fingerprint density at radius 3 is 2.60 bits per heavy atom. The fraction of sp³-hybridized carbons (Fsp3) is 0.526. The van der Waals surface area contributed by atoms with Crippen LogP contribution in [0.3, 0.4) is 0 Å². The first kappa shape index (κ1) is 17.6. The summed E-state index contributed by atoms with van der Waals surface area (Å²) in [6.07, 6.45) is 2.81. The highest BCUT2D eigenvalue weighted by atomic mass is 16.4. The van der Waals surface area contributed by atoms with E-state index in [0.29, 0.717) is 30.8 Å². The zero-order valence-corrected chi connectivity index (χ0v) is 14.9. The van der Waals surface area contributed by atoms with Crippen LogP contribution >= 0.6 is 0 Å². The van der Waals surface area contributed by atoms with Gasteiger partial charge in [-0.3, -0.25) is 9.69 Å². The molecule has 1 amide bonds. The second-order valence-electron chi connectivity index (χ2n) is 6.72. The number of likely N-dealkylation sites (tertiary alicyclic amines) is 1. The van der Waals surface area contributed by atoms with Crippen LogP contribution < -0.4 is 5.32 Å². The highest BCUT2D eigenvalue weighted by molar-refractivity contribution is 5.77. The summed E-state index contributed by atoms with van der Waals surface area (Å²) < 4.78 is 5.60. The quantitative estimate of drug-likeness (QED) is 0.837. The standard InChI is InChI=1S/C19H26N4O2/c1-14(23-10-6-7-11-23)13-20-18(24)12-17(16-8-4-3-5-9-16)19-22-21-15(2)25-19/h3-5,8-9,14,17H,6-7,10-13H2,1-2H3,(H,20,24). The van der Waals surface area contributed by atoms with Crippen LogP contribution in [-0.2, 0) is 4.79 Å². The first-order chi connectivity index (χ1) is 12.1. The van der Waals surface area contributed by atoms with Gasteiger partial charge in [0.1, 0.15) is 0 Å². The fourth-order valence-corrected chi connectivity index (χ4v) is 3.32.